The molecule has 1 rings (SSSR count). The van der Waals surface area contributed by atoms with Gasteiger partial charge in [-0.3, -0.25) is 14.4 Å². The molecule has 0 aromatic heterocycles. The van der Waals surface area contributed by atoms with Crippen LogP contribution in [0.1, 0.15) is 45.4 Å². The third-order valence-corrected chi connectivity index (χ3v) is 3.58. The average Bonchev–Trinajstić information content (AvgIpc) is 2.39. The minimum atomic E-state index is -0.918. The number of amides is 2. The molecule has 0 bridgehead atoms. The Hall–Kier alpha value is -1.59. The molecule has 2 amide bonds. The summed E-state index contributed by atoms with van der Waals surface area (Å²) in [5.41, 5.74) is 0. The van der Waals surface area contributed by atoms with Crippen LogP contribution in [0.3, 0.4) is 0 Å². The van der Waals surface area contributed by atoms with E-state index in [9.17, 15) is 14.4 Å². The fourth-order valence-corrected chi connectivity index (χ4v) is 2.34. The molecular formula is C14H24N2O4. The van der Waals surface area contributed by atoms with E-state index >= 15 is 0 Å². The second-order valence-corrected chi connectivity index (χ2v) is 5.10. The fraction of sp³-hybridized carbons (Fsp3) is 0.786. The molecule has 0 spiro atoms. The molecule has 0 aromatic rings. The van der Waals surface area contributed by atoms with Crippen molar-refractivity contribution in [3.8, 4) is 0 Å². The van der Waals surface area contributed by atoms with Crippen LogP contribution in [0.4, 0.5) is 0 Å². The van der Waals surface area contributed by atoms with Crippen LogP contribution in [0.15, 0.2) is 0 Å². The van der Waals surface area contributed by atoms with Gasteiger partial charge in [0.25, 0.3) is 0 Å². The van der Waals surface area contributed by atoms with Crippen LogP contribution in [-0.4, -0.2) is 58.9 Å². The monoisotopic (exact) mass is 284 g/mol. The smallest absolute Gasteiger partial charge is 0.305 e. The van der Waals surface area contributed by atoms with Crippen molar-refractivity contribution in [3.05, 3.63) is 0 Å². The van der Waals surface area contributed by atoms with Gasteiger partial charge in [-0.05, 0) is 19.8 Å². The largest absolute Gasteiger partial charge is 0.481 e. The number of carboxylic acids is 1. The summed E-state index contributed by atoms with van der Waals surface area (Å²) in [7, 11) is 0. The Morgan fingerprint density at radius 2 is 1.95 bits per heavy atom. The highest BCUT2D eigenvalue weighted by Crippen LogP contribution is 2.12. The quantitative estimate of drug-likeness (QED) is 0.792. The Morgan fingerprint density at radius 3 is 2.60 bits per heavy atom. The zero-order chi connectivity index (χ0) is 15.0. The molecule has 1 N–H and O–H groups in total. The van der Waals surface area contributed by atoms with Crippen LogP contribution in [0.2, 0.25) is 0 Å². The molecule has 114 valence electrons. The molecule has 1 aliphatic heterocycles. The summed E-state index contributed by atoms with van der Waals surface area (Å²) in [6, 6.07) is 0. The third-order valence-electron chi connectivity index (χ3n) is 3.58. The topological polar surface area (TPSA) is 77.9 Å². The summed E-state index contributed by atoms with van der Waals surface area (Å²) < 4.78 is 0. The maximum atomic E-state index is 12.1. The minimum absolute atomic E-state index is 0.0346. The number of nitrogens with zero attached hydrogens (tertiary/aromatic N) is 2. The predicted molar refractivity (Wildman–Crippen MR) is 74.2 cm³/mol. The molecule has 20 heavy (non-hydrogen) atoms. The van der Waals surface area contributed by atoms with Crippen LogP contribution in [0, 0.1) is 0 Å². The Kier molecular flexibility index (Phi) is 7.04. The molecule has 0 unspecified atom stereocenters. The van der Waals surface area contributed by atoms with Gasteiger partial charge in [0.1, 0.15) is 0 Å². The van der Waals surface area contributed by atoms with E-state index in [1.54, 1.807) is 4.90 Å². The van der Waals surface area contributed by atoms with Gasteiger partial charge in [-0.1, -0.05) is 12.8 Å². The number of hydrogen-bond acceptors (Lipinski definition) is 3. The molecule has 1 heterocycles. The van der Waals surface area contributed by atoms with Gasteiger partial charge < -0.3 is 14.9 Å². The van der Waals surface area contributed by atoms with Crippen LogP contribution in [0.25, 0.3) is 0 Å². The molecule has 1 fully saturated rings. The van der Waals surface area contributed by atoms with E-state index in [4.69, 9.17) is 5.11 Å². The summed E-state index contributed by atoms with van der Waals surface area (Å²) >= 11 is 0. The Bertz CT molecular complexity index is 357. The van der Waals surface area contributed by atoms with Crippen LogP contribution >= 0.6 is 0 Å². The van der Waals surface area contributed by atoms with E-state index in [-0.39, 0.29) is 31.3 Å². The first kappa shape index (κ1) is 16.5. The van der Waals surface area contributed by atoms with Gasteiger partial charge in [0.15, 0.2) is 0 Å². The third kappa shape index (κ3) is 5.59. The molecule has 0 aliphatic carbocycles. The number of hydrogen-bond donors (Lipinski definition) is 1. The lowest BCUT2D eigenvalue weighted by Gasteiger charge is -2.27. The lowest BCUT2D eigenvalue weighted by Crippen LogP contribution is -2.44. The highest BCUT2D eigenvalue weighted by atomic mass is 16.4. The van der Waals surface area contributed by atoms with Gasteiger partial charge in [-0.2, -0.15) is 0 Å². The normalized spacial score (nSPS) is 16.4. The van der Waals surface area contributed by atoms with E-state index in [1.807, 2.05) is 6.92 Å². The molecule has 0 saturated carbocycles. The maximum absolute atomic E-state index is 12.1. The Balaban J connectivity index is 2.51. The number of likely N-dealkylation sites (tertiary alicyclic amines) is 1. The summed E-state index contributed by atoms with van der Waals surface area (Å²) in [5, 5.41) is 8.67. The SMILES string of the molecule is CCN(CCC(=O)O)C(=O)CN1CCCCCCC1=O. The van der Waals surface area contributed by atoms with E-state index in [0.717, 1.165) is 25.7 Å². The van der Waals surface area contributed by atoms with Crippen molar-refractivity contribution in [3.63, 3.8) is 0 Å². The van der Waals surface area contributed by atoms with Crippen molar-refractivity contribution in [1.29, 1.82) is 0 Å². The molecule has 0 aromatic carbocycles. The van der Waals surface area contributed by atoms with Gasteiger partial charge in [0, 0.05) is 26.1 Å². The zero-order valence-corrected chi connectivity index (χ0v) is 12.1. The Morgan fingerprint density at radius 1 is 1.25 bits per heavy atom. The molecule has 6 heteroatoms. The van der Waals surface area contributed by atoms with Gasteiger partial charge in [0.05, 0.1) is 13.0 Å². The van der Waals surface area contributed by atoms with Crippen LogP contribution < -0.4 is 0 Å². The molecule has 0 radical (unpaired) electrons. The van der Waals surface area contributed by atoms with Gasteiger partial charge in [-0.15, -0.1) is 0 Å². The van der Waals surface area contributed by atoms with Crippen molar-refractivity contribution in [2.45, 2.75) is 45.4 Å². The number of carbonyl (C=O) groups is 3. The van der Waals surface area contributed by atoms with Crippen molar-refractivity contribution in [1.82, 2.24) is 9.80 Å². The number of carbonyl (C=O) groups excluding carboxylic acids is 2. The van der Waals surface area contributed by atoms with Crippen LogP contribution in [0.5, 0.6) is 0 Å². The second-order valence-electron chi connectivity index (χ2n) is 5.10. The first-order valence-corrected chi connectivity index (χ1v) is 7.32. The highest BCUT2D eigenvalue weighted by Gasteiger charge is 2.21. The maximum Gasteiger partial charge on any atom is 0.305 e. The lowest BCUT2D eigenvalue weighted by atomic mass is 10.1. The average molecular weight is 284 g/mol. The first-order chi connectivity index (χ1) is 9.54. The molecule has 0 atom stereocenters. The summed E-state index contributed by atoms with van der Waals surface area (Å²) in [6.07, 6.45) is 4.43. The molecular weight excluding hydrogens is 260 g/mol. The fourth-order valence-electron chi connectivity index (χ4n) is 2.34. The highest BCUT2D eigenvalue weighted by molar-refractivity contribution is 5.85. The van der Waals surface area contributed by atoms with E-state index in [1.165, 1.54) is 4.90 Å². The number of likely N-dealkylation sites (N-methyl/N-ethyl adjacent to an activating group) is 1. The van der Waals surface area contributed by atoms with Gasteiger partial charge in [-0.25, -0.2) is 0 Å². The summed E-state index contributed by atoms with van der Waals surface area (Å²) in [5.74, 6) is -1.05. The molecule has 1 saturated heterocycles. The summed E-state index contributed by atoms with van der Waals surface area (Å²) in [4.78, 5) is 37.8. The first-order valence-electron chi connectivity index (χ1n) is 7.32. The van der Waals surface area contributed by atoms with E-state index in [0.29, 0.717) is 19.5 Å². The van der Waals surface area contributed by atoms with E-state index in [2.05, 4.69) is 0 Å². The lowest BCUT2D eigenvalue weighted by molar-refractivity contribution is -0.142. The number of rotatable bonds is 6. The second kappa shape index (κ2) is 8.55. The van der Waals surface area contributed by atoms with Crippen LogP contribution in [-0.2, 0) is 14.4 Å². The molecule has 1 aliphatic rings. The zero-order valence-electron chi connectivity index (χ0n) is 12.1. The van der Waals surface area contributed by atoms with Crippen molar-refractivity contribution in [2.24, 2.45) is 0 Å². The van der Waals surface area contributed by atoms with E-state index < -0.39 is 5.97 Å². The minimum Gasteiger partial charge on any atom is -0.481 e. The number of carboxylic acid groups (broad SMARTS) is 1. The number of aliphatic carboxylic acids is 1. The van der Waals surface area contributed by atoms with Gasteiger partial charge >= 0.3 is 5.97 Å². The van der Waals surface area contributed by atoms with Gasteiger partial charge in [0.2, 0.25) is 11.8 Å². The van der Waals surface area contributed by atoms with Crippen molar-refractivity contribution < 1.29 is 19.5 Å². The standard InChI is InChI=1S/C14H24N2O4/c1-2-15(10-8-14(19)20)13(18)11-16-9-6-4-3-5-7-12(16)17/h2-11H2,1H3,(H,19,20). The Labute approximate surface area is 119 Å². The summed E-state index contributed by atoms with van der Waals surface area (Å²) in [6.45, 7) is 3.18. The molecule has 6 nitrogen and oxygen atoms in total. The van der Waals surface area contributed by atoms with Crippen molar-refractivity contribution in [2.75, 3.05) is 26.2 Å². The predicted octanol–water partition coefficient (Wildman–Crippen LogP) is 1.10. The van der Waals surface area contributed by atoms with Crippen molar-refractivity contribution >= 4 is 17.8 Å².